The number of nitrogens with zero attached hydrogens (tertiary/aromatic N) is 1. The van der Waals surface area contributed by atoms with Crippen LogP contribution in [0.1, 0.15) is 19.8 Å². The number of pyridine rings is 1. The Kier molecular flexibility index (Phi) is 3.99. The highest BCUT2D eigenvalue weighted by Crippen LogP contribution is 2.25. The highest BCUT2D eigenvalue weighted by atomic mass is 14.9. The van der Waals surface area contributed by atoms with Crippen molar-refractivity contribution >= 4 is 22.3 Å². The number of fused-ring (bicyclic) bond motifs is 1. The smallest absolute Gasteiger partial charge is 0.0934 e. The lowest BCUT2D eigenvalue weighted by Gasteiger charge is -2.16. The van der Waals surface area contributed by atoms with Crippen LogP contribution < -0.4 is 16.8 Å². The summed E-state index contributed by atoms with van der Waals surface area (Å²) >= 11 is 0. The second-order valence-corrected chi connectivity index (χ2v) is 4.62. The second kappa shape index (κ2) is 5.69. The Hall–Kier alpha value is -1.81. The molecular weight excluding hydrogens is 224 g/mol. The number of hydrogen-bond acceptors (Lipinski definition) is 4. The maximum Gasteiger partial charge on any atom is 0.0934 e. The molecule has 0 aliphatic heterocycles. The van der Waals surface area contributed by atoms with E-state index in [1.165, 1.54) is 0 Å². The zero-order valence-electron chi connectivity index (χ0n) is 10.7. The van der Waals surface area contributed by atoms with Gasteiger partial charge in [0.05, 0.1) is 11.2 Å². The van der Waals surface area contributed by atoms with Gasteiger partial charge in [0.2, 0.25) is 0 Å². The molecule has 0 aliphatic rings. The predicted molar refractivity (Wildman–Crippen MR) is 77.5 cm³/mol. The number of rotatable bonds is 5. The van der Waals surface area contributed by atoms with Gasteiger partial charge in [-0.05, 0) is 44.5 Å². The Morgan fingerprint density at radius 2 is 2.22 bits per heavy atom. The van der Waals surface area contributed by atoms with Gasteiger partial charge in [0.1, 0.15) is 0 Å². The van der Waals surface area contributed by atoms with E-state index in [1.54, 1.807) is 6.20 Å². The summed E-state index contributed by atoms with van der Waals surface area (Å²) in [4.78, 5) is 4.41. The summed E-state index contributed by atoms with van der Waals surface area (Å²) in [5.41, 5.74) is 14.2. The lowest BCUT2D eigenvalue weighted by Crippen LogP contribution is -2.17. The van der Waals surface area contributed by atoms with Gasteiger partial charge in [-0.1, -0.05) is 6.07 Å². The summed E-state index contributed by atoms with van der Waals surface area (Å²) in [6, 6.07) is 8.19. The van der Waals surface area contributed by atoms with E-state index in [0.717, 1.165) is 41.7 Å². The molecular formula is C14H20N4. The van der Waals surface area contributed by atoms with Gasteiger partial charge in [0, 0.05) is 23.3 Å². The number of anilines is 2. The van der Waals surface area contributed by atoms with Crippen LogP contribution in [0.4, 0.5) is 11.4 Å². The third-order valence-corrected chi connectivity index (χ3v) is 2.97. The molecule has 0 saturated heterocycles. The molecule has 0 aliphatic carbocycles. The first-order chi connectivity index (χ1) is 8.70. The first-order valence-electron chi connectivity index (χ1n) is 6.31. The van der Waals surface area contributed by atoms with Gasteiger partial charge in [0.25, 0.3) is 0 Å². The first kappa shape index (κ1) is 12.6. The van der Waals surface area contributed by atoms with Crippen LogP contribution in [0.15, 0.2) is 30.5 Å². The Labute approximate surface area is 107 Å². The molecule has 1 atom stereocenters. The van der Waals surface area contributed by atoms with Gasteiger partial charge in [0.15, 0.2) is 0 Å². The molecule has 0 saturated carbocycles. The van der Waals surface area contributed by atoms with Crippen molar-refractivity contribution in [2.75, 3.05) is 17.6 Å². The Balaban J connectivity index is 2.26. The van der Waals surface area contributed by atoms with Crippen LogP contribution in [0.3, 0.4) is 0 Å². The van der Waals surface area contributed by atoms with Crippen molar-refractivity contribution in [2.24, 2.45) is 5.73 Å². The Bertz CT molecular complexity index is 524. The van der Waals surface area contributed by atoms with E-state index < -0.39 is 0 Å². The van der Waals surface area contributed by atoms with Crippen LogP contribution in [-0.4, -0.2) is 17.6 Å². The summed E-state index contributed by atoms with van der Waals surface area (Å²) in [7, 11) is 0. The van der Waals surface area contributed by atoms with Crippen LogP contribution in [-0.2, 0) is 0 Å². The molecule has 1 aromatic carbocycles. The minimum absolute atomic E-state index is 0.362. The first-order valence-corrected chi connectivity index (χ1v) is 6.31. The third-order valence-electron chi connectivity index (χ3n) is 2.97. The molecule has 0 amide bonds. The summed E-state index contributed by atoms with van der Waals surface area (Å²) in [5, 5.41) is 4.52. The zero-order valence-corrected chi connectivity index (χ0v) is 10.7. The molecule has 0 fully saturated rings. The maximum absolute atomic E-state index is 5.91. The lowest BCUT2D eigenvalue weighted by molar-refractivity contribution is 0.663. The van der Waals surface area contributed by atoms with Crippen molar-refractivity contribution in [3.63, 3.8) is 0 Å². The molecule has 4 heteroatoms. The van der Waals surface area contributed by atoms with Crippen LogP contribution in [0.25, 0.3) is 10.9 Å². The van der Waals surface area contributed by atoms with Crippen LogP contribution >= 0.6 is 0 Å². The molecule has 18 heavy (non-hydrogen) atoms. The summed E-state index contributed by atoms with van der Waals surface area (Å²) in [6.07, 6.45) is 3.86. The second-order valence-electron chi connectivity index (χ2n) is 4.62. The largest absolute Gasteiger partial charge is 0.399 e. The summed E-state index contributed by atoms with van der Waals surface area (Å²) in [6.45, 7) is 2.87. The average Bonchev–Trinajstić information content (AvgIpc) is 2.36. The predicted octanol–water partition coefficient (Wildman–Crippen LogP) is 2.36. The van der Waals surface area contributed by atoms with Gasteiger partial charge in [-0.3, -0.25) is 4.98 Å². The van der Waals surface area contributed by atoms with Gasteiger partial charge in [-0.2, -0.15) is 0 Å². The number of nitrogens with two attached hydrogens (primary N) is 2. The van der Waals surface area contributed by atoms with Crippen molar-refractivity contribution in [1.29, 1.82) is 0 Å². The van der Waals surface area contributed by atoms with Gasteiger partial charge >= 0.3 is 0 Å². The van der Waals surface area contributed by atoms with E-state index in [2.05, 4.69) is 17.2 Å². The molecule has 2 rings (SSSR count). The molecule has 5 N–H and O–H groups in total. The van der Waals surface area contributed by atoms with Crippen molar-refractivity contribution in [3.05, 3.63) is 30.5 Å². The highest BCUT2D eigenvalue weighted by molar-refractivity contribution is 5.93. The number of hydrogen-bond donors (Lipinski definition) is 3. The van der Waals surface area contributed by atoms with Crippen LogP contribution in [0.2, 0.25) is 0 Å². The number of aromatic nitrogens is 1. The molecule has 1 heterocycles. The quantitative estimate of drug-likeness (QED) is 0.706. The summed E-state index contributed by atoms with van der Waals surface area (Å²) < 4.78 is 0. The van der Waals surface area contributed by atoms with E-state index in [0.29, 0.717) is 6.04 Å². The number of benzene rings is 1. The fourth-order valence-corrected chi connectivity index (χ4v) is 2.09. The minimum atomic E-state index is 0.362. The maximum atomic E-state index is 5.91. The van der Waals surface area contributed by atoms with Gasteiger partial charge < -0.3 is 16.8 Å². The molecule has 4 nitrogen and oxygen atoms in total. The van der Waals surface area contributed by atoms with E-state index in [4.69, 9.17) is 11.5 Å². The van der Waals surface area contributed by atoms with Crippen LogP contribution in [0, 0.1) is 0 Å². The van der Waals surface area contributed by atoms with Crippen molar-refractivity contribution < 1.29 is 0 Å². The molecule has 0 radical (unpaired) electrons. The normalized spacial score (nSPS) is 12.6. The highest BCUT2D eigenvalue weighted by Gasteiger charge is 2.07. The minimum Gasteiger partial charge on any atom is -0.399 e. The molecule has 96 valence electrons. The fraction of sp³-hybridized carbons (Fsp3) is 0.357. The number of nitrogen functional groups attached to an aromatic ring is 1. The number of nitrogens with one attached hydrogen (secondary N) is 1. The van der Waals surface area contributed by atoms with E-state index in [1.807, 2.05) is 24.3 Å². The van der Waals surface area contributed by atoms with Gasteiger partial charge in [-0.25, -0.2) is 0 Å². The molecule has 1 unspecified atom stereocenters. The topological polar surface area (TPSA) is 77.0 Å². The average molecular weight is 244 g/mol. The van der Waals surface area contributed by atoms with Crippen molar-refractivity contribution in [3.8, 4) is 0 Å². The standard InChI is InChI=1S/C14H20N4/c1-10(4-2-6-15)18-13-9-12(16)8-11-5-3-7-17-14(11)13/h3,5,7-10,18H,2,4,6,15-16H2,1H3. The van der Waals surface area contributed by atoms with E-state index in [9.17, 15) is 0 Å². The van der Waals surface area contributed by atoms with E-state index >= 15 is 0 Å². The third kappa shape index (κ3) is 2.90. The van der Waals surface area contributed by atoms with Gasteiger partial charge in [-0.15, -0.1) is 0 Å². The molecule has 1 aromatic heterocycles. The molecule has 0 spiro atoms. The molecule has 2 aromatic rings. The monoisotopic (exact) mass is 244 g/mol. The van der Waals surface area contributed by atoms with Crippen molar-refractivity contribution in [2.45, 2.75) is 25.8 Å². The lowest BCUT2D eigenvalue weighted by atomic mass is 10.1. The van der Waals surface area contributed by atoms with Crippen molar-refractivity contribution in [1.82, 2.24) is 4.98 Å². The summed E-state index contributed by atoms with van der Waals surface area (Å²) in [5.74, 6) is 0. The SMILES string of the molecule is CC(CCCN)Nc1cc(N)cc2cccnc12. The fourth-order valence-electron chi connectivity index (χ4n) is 2.09. The molecule has 0 bridgehead atoms. The zero-order chi connectivity index (χ0) is 13.0. The van der Waals surface area contributed by atoms with E-state index in [-0.39, 0.29) is 0 Å². The van der Waals surface area contributed by atoms with Crippen LogP contribution in [0.5, 0.6) is 0 Å². The Morgan fingerprint density at radius 3 is 3.00 bits per heavy atom. The Morgan fingerprint density at radius 1 is 1.39 bits per heavy atom.